The monoisotopic (exact) mass is 374 g/mol. The molecule has 0 fully saturated rings. The molecule has 0 radical (unpaired) electrons. The van der Waals surface area contributed by atoms with Crippen molar-refractivity contribution in [2.24, 2.45) is 0 Å². The van der Waals surface area contributed by atoms with Crippen LogP contribution in [0.4, 0.5) is 10.1 Å². The number of benzene rings is 2. The first-order valence-electron chi connectivity index (χ1n) is 7.22. The zero-order chi connectivity index (χ0) is 19.1. The highest BCUT2D eigenvalue weighted by molar-refractivity contribution is 6.31. The van der Waals surface area contributed by atoms with Crippen LogP contribution in [0.3, 0.4) is 0 Å². The average molecular weight is 375 g/mol. The van der Waals surface area contributed by atoms with E-state index in [9.17, 15) is 19.2 Å². The van der Waals surface area contributed by atoms with E-state index in [2.05, 4.69) is 5.32 Å². The van der Waals surface area contributed by atoms with Gasteiger partial charge in [-0.1, -0.05) is 29.8 Å². The van der Waals surface area contributed by atoms with Crippen molar-refractivity contribution in [3.05, 3.63) is 64.4 Å². The van der Waals surface area contributed by atoms with Gasteiger partial charge >= 0.3 is 5.97 Å². The average Bonchev–Trinajstić information content (AvgIpc) is 2.61. The summed E-state index contributed by atoms with van der Waals surface area (Å²) in [5.41, 5.74) is 0.326. The second-order valence-corrected chi connectivity index (χ2v) is 5.38. The molecule has 2 rings (SSSR count). The molecule has 0 saturated heterocycles. The van der Waals surface area contributed by atoms with Crippen molar-refractivity contribution in [2.45, 2.75) is 0 Å². The number of carbonyl (C=O) groups excluding carboxylic acids is 1. The summed E-state index contributed by atoms with van der Waals surface area (Å²) in [5.74, 6) is -2.32. The lowest BCUT2D eigenvalue weighted by Gasteiger charge is -2.08. The minimum absolute atomic E-state index is 0.169. The SMILES string of the molecule is N#CC(=Cc1ccccc1OCC(=O)O)C(=O)Nc1ccc(F)c(Cl)c1. The van der Waals surface area contributed by atoms with Gasteiger partial charge in [-0.2, -0.15) is 5.26 Å². The Kier molecular flexibility index (Phi) is 6.31. The molecule has 0 unspecified atom stereocenters. The summed E-state index contributed by atoms with van der Waals surface area (Å²) in [5, 5.41) is 20.2. The van der Waals surface area contributed by atoms with Crippen molar-refractivity contribution in [3.63, 3.8) is 0 Å². The normalized spacial score (nSPS) is 10.7. The highest BCUT2D eigenvalue weighted by Gasteiger charge is 2.12. The molecule has 2 aromatic rings. The summed E-state index contributed by atoms with van der Waals surface area (Å²) in [4.78, 5) is 22.9. The highest BCUT2D eigenvalue weighted by Crippen LogP contribution is 2.23. The first-order chi connectivity index (χ1) is 12.4. The van der Waals surface area contributed by atoms with Gasteiger partial charge in [0.25, 0.3) is 5.91 Å². The Morgan fingerprint density at radius 1 is 1.31 bits per heavy atom. The van der Waals surface area contributed by atoms with Crippen molar-refractivity contribution in [1.29, 1.82) is 5.26 Å². The van der Waals surface area contributed by atoms with Gasteiger partial charge in [-0.25, -0.2) is 9.18 Å². The number of hydrogen-bond acceptors (Lipinski definition) is 4. The Morgan fingerprint density at radius 2 is 2.04 bits per heavy atom. The Labute approximate surface area is 153 Å². The Bertz CT molecular complexity index is 922. The summed E-state index contributed by atoms with van der Waals surface area (Å²) >= 11 is 5.65. The van der Waals surface area contributed by atoms with Crippen molar-refractivity contribution < 1.29 is 23.8 Å². The molecule has 26 heavy (non-hydrogen) atoms. The molecule has 8 heteroatoms. The van der Waals surface area contributed by atoms with Crippen molar-refractivity contribution in [1.82, 2.24) is 0 Å². The van der Waals surface area contributed by atoms with Crippen molar-refractivity contribution >= 4 is 35.2 Å². The van der Waals surface area contributed by atoms with E-state index < -0.39 is 24.3 Å². The summed E-state index contributed by atoms with van der Waals surface area (Å²) in [7, 11) is 0. The molecule has 132 valence electrons. The Balaban J connectivity index is 2.24. The number of hydrogen-bond donors (Lipinski definition) is 2. The molecule has 6 nitrogen and oxygen atoms in total. The van der Waals surface area contributed by atoms with Crippen LogP contribution < -0.4 is 10.1 Å². The maximum absolute atomic E-state index is 13.2. The number of carboxylic acid groups (broad SMARTS) is 1. The number of aliphatic carboxylic acids is 1. The van der Waals surface area contributed by atoms with Gasteiger partial charge in [0.1, 0.15) is 23.2 Å². The second kappa shape index (κ2) is 8.65. The van der Waals surface area contributed by atoms with E-state index in [1.807, 2.05) is 0 Å². The zero-order valence-electron chi connectivity index (χ0n) is 13.2. The maximum Gasteiger partial charge on any atom is 0.341 e. The minimum Gasteiger partial charge on any atom is -0.481 e. The van der Waals surface area contributed by atoms with Crippen LogP contribution in [0.15, 0.2) is 48.0 Å². The molecule has 0 aromatic heterocycles. The summed E-state index contributed by atoms with van der Waals surface area (Å²) < 4.78 is 18.3. The van der Waals surface area contributed by atoms with Gasteiger partial charge < -0.3 is 15.2 Å². The van der Waals surface area contributed by atoms with E-state index in [-0.39, 0.29) is 22.0 Å². The molecule has 2 aromatic carbocycles. The van der Waals surface area contributed by atoms with E-state index in [0.29, 0.717) is 5.56 Å². The van der Waals surface area contributed by atoms with Crippen LogP contribution in [-0.4, -0.2) is 23.6 Å². The Morgan fingerprint density at radius 3 is 2.69 bits per heavy atom. The predicted molar refractivity (Wildman–Crippen MR) is 93.2 cm³/mol. The lowest BCUT2D eigenvalue weighted by molar-refractivity contribution is -0.139. The van der Waals surface area contributed by atoms with Crippen LogP contribution in [0.5, 0.6) is 5.75 Å². The topological polar surface area (TPSA) is 99.4 Å². The highest BCUT2D eigenvalue weighted by atomic mass is 35.5. The number of rotatable bonds is 6. The second-order valence-electron chi connectivity index (χ2n) is 4.97. The summed E-state index contributed by atoms with van der Waals surface area (Å²) in [6, 6.07) is 11.7. The van der Waals surface area contributed by atoms with Gasteiger partial charge in [-0.3, -0.25) is 4.79 Å². The number of anilines is 1. The number of carboxylic acids is 1. The Hall–Kier alpha value is -3.37. The lowest BCUT2D eigenvalue weighted by Crippen LogP contribution is -2.14. The molecule has 0 bridgehead atoms. The molecule has 0 aliphatic rings. The molecule has 0 atom stereocenters. The molecule has 0 aliphatic heterocycles. The van der Waals surface area contributed by atoms with E-state index >= 15 is 0 Å². The number of carbonyl (C=O) groups is 2. The molecule has 2 N–H and O–H groups in total. The third-order valence-electron chi connectivity index (χ3n) is 3.11. The smallest absolute Gasteiger partial charge is 0.341 e. The lowest BCUT2D eigenvalue weighted by atomic mass is 10.1. The summed E-state index contributed by atoms with van der Waals surface area (Å²) in [6.45, 7) is -0.562. The maximum atomic E-state index is 13.2. The summed E-state index contributed by atoms with van der Waals surface area (Å²) in [6.07, 6.45) is 1.26. The number of nitriles is 1. The van der Waals surface area contributed by atoms with Crippen LogP contribution in [0.25, 0.3) is 6.08 Å². The minimum atomic E-state index is -1.16. The molecule has 1 amide bonds. The van der Waals surface area contributed by atoms with E-state index in [1.54, 1.807) is 24.3 Å². The molecule has 0 heterocycles. The molecule has 0 spiro atoms. The largest absolute Gasteiger partial charge is 0.481 e. The first-order valence-corrected chi connectivity index (χ1v) is 7.60. The van der Waals surface area contributed by atoms with Crippen molar-refractivity contribution in [3.8, 4) is 11.8 Å². The van der Waals surface area contributed by atoms with Crippen molar-refractivity contribution in [2.75, 3.05) is 11.9 Å². The molecule has 0 saturated carbocycles. The standard InChI is InChI=1S/C18H12ClFN2O4/c19-14-8-13(5-6-15(14)20)22-18(25)12(9-21)7-11-3-1-2-4-16(11)26-10-17(23)24/h1-8H,10H2,(H,22,25)(H,23,24). The zero-order valence-corrected chi connectivity index (χ0v) is 14.0. The predicted octanol–water partition coefficient (Wildman–Crippen LogP) is 3.49. The van der Waals surface area contributed by atoms with E-state index in [1.165, 1.54) is 24.3 Å². The van der Waals surface area contributed by atoms with Crippen LogP contribution in [0, 0.1) is 17.1 Å². The van der Waals surface area contributed by atoms with Gasteiger partial charge in [0.05, 0.1) is 5.02 Å². The quantitative estimate of drug-likeness (QED) is 0.595. The third kappa shape index (κ3) is 5.06. The molecular weight excluding hydrogens is 363 g/mol. The third-order valence-corrected chi connectivity index (χ3v) is 3.40. The number of halogens is 2. The van der Waals surface area contributed by atoms with Gasteiger partial charge in [-0.05, 0) is 30.3 Å². The molecule has 0 aliphatic carbocycles. The fraction of sp³-hybridized carbons (Fsp3) is 0.0556. The van der Waals surface area contributed by atoms with Gasteiger partial charge in [0, 0.05) is 11.3 Å². The van der Waals surface area contributed by atoms with Crippen LogP contribution in [-0.2, 0) is 9.59 Å². The van der Waals surface area contributed by atoms with E-state index in [0.717, 1.165) is 6.07 Å². The first kappa shape index (κ1) is 19.0. The van der Waals surface area contributed by atoms with Gasteiger partial charge in [-0.15, -0.1) is 0 Å². The number of nitrogens with one attached hydrogen (secondary N) is 1. The number of amides is 1. The fourth-order valence-corrected chi connectivity index (χ4v) is 2.13. The number of ether oxygens (including phenoxy) is 1. The fourth-order valence-electron chi connectivity index (χ4n) is 1.95. The number of nitrogens with zero attached hydrogens (tertiary/aromatic N) is 1. The van der Waals surface area contributed by atoms with Crippen LogP contribution >= 0.6 is 11.6 Å². The van der Waals surface area contributed by atoms with Crippen LogP contribution in [0.2, 0.25) is 5.02 Å². The van der Waals surface area contributed by atoms with Gasteiger partial charge in [0.2, 0.25) is 0 Å². The van der Waals surface area contributed by atoms with E-state index in [4.69, 9.17) is 21.4 Å². The molecular formula is C18H12ClFN2O4. The number of para-hydroxylation sites is 1. The van der Waals surface area contributed by atoms with Gasteiger partial charge in [0.15, 0.2) is 6.61 Å². The van der Waals surface area contributed by atoms with Crippen LogP contribution in [0.1, 0.15) is 5.56 Å².